The van der Waals surface area contributed by atoms with Gasteiger partial charge >= 0.3 is 0 Å². The highest BCUT2D eigenvalue weighted by Crippen LogP contribution is 2.16. The van der Waals surface area contributed by atoms with Crippen molar-refractivity contribution >= 4 is 0 Å². The minimum Gasteiger partial charge on any atom is -0.367 e. The van der Waals surface area contributed by atoms with E-state index in [2.05, 4.69) is 28.2 Å². The van der Waals surface area contributed by atoms with Crippen LogP contribution in [0.1, 0.15) is 6.42 Å². The Balaban J connectivity index is 1.62. The van der Waals surface area contributed by atoms with E-state index in [0.29, 0.717) is 12.2 Å². The van der Waals surface area contributed by atoms with E-state index in [4.69, 9.17) is 9.47 Å². The molecule has 2 heterocycles. The van der Waals surface area contributed by atoms with Crippen molar-refractivity contribution in [1.82, 2.24) is 0 Å². The number of nitrogens with zero attached hydrogens (tertiary/aromatic N) is 2. The molecule has 0 spiro atoms. The molecule has 0 aromatic heterocycles. The van der Waals surface area contributed by atoms with Gasteiger partial charge in [0.1, 0.15) is 25.3 Å². The fourth-order valence-electron chi connectivity index (χ4n) is 2.56. The van der Waals surface area contributed by atoms with Crippen LogP contribution in [0.5, 0.6) is 0 Å². The Kier molecular flexibility index (Phi) is 3.78. The Bertz CT molecular complexity index is 232. The lowest BCUT2D eigenvalue weighted by Gasteiger charge is -2.33. The molecule has 2 rings (SSSR count). The third-order valence-electron chi connectivity index (χ3n) is 3.73. The van der Waals surface area contributed by atoms with Crippen LogP contribution in [0.3, 0.4) is 0 Å². The van der Waals surface area contributed by atoms with Gasteiger partial charge in [0.05, 0.1) is 54.5 Å². The van der Waals surface area contributed by atoms with Crippen LogP contribution in [-0.4, -0.2) is 88.8 Å². The Morgan fingerprint density at radius 3 is 1.47 bits per heavy atom. The summed E-state index contributed by atoms with van der Waals surface area (Å²) in [5, 5.41) is 0. The number of hydrogen-bond acceptors (Lipinski definition) is 2. The lowest BCUT2D eigenvalue weighted by Crippen LogP contribution is -2.48. The molecule has 2 aliphatic heterocycles. The molecule has 2 unspecified atom stereocenters. The second-order valence-corrected chi connectivity index (χ2v) is 6.95. The van der Waals surface area contributed by atoms with Gasteiger partial charge in [-0.1, -0.05) is 0 Å². The zero-order chi connectivity index (χ0) is 12.5. The lowest BCUT2D eigenvalue weighted by molar-refractivity contribution is -0.909. The van der Waals surface area contributed by atoms with Crippen LogP contribution in [0.4, 0.5) is 0 Å². The second-order valence-electron chi connectivity index (χ2n) is 6.95. The Morgan fingerprint density at radius 1 is 0.824 bits per heavy atom. The number of likely N-dealkylation sites (N-methyl/N-ethyl adjacent to an activating group) is 2. The van der Waals surface area contributed by atoms with Crippen molar-refractivity contribution < 1.29 is 18.4 Å². The highest BCUT2D eigenvalue weighted by molar-refractivity contribution is 4.68. The molecule has 0 amide bonds. The monoisotopic (exact) mass is 244 g/mol. The zero-order valence-electron chi connectivity index (χ0n) is 11.8. The van der Waals surface area contributed by atoms with Crippen molar-refractivity contribution in [2.24, 2.45) is 0 Å². The molecule has 0 aromatic rings. The summed E-state index contributed by atoms with van der Waals surface area (Å²) in [6, 6.07) is 0. The molecule has 2 fully saturated rings. The molecule has 0 radical (unpaired) electrons. The summed E-state index contributed by atoms with van der Waals surface area (Å²) in [6.45, 7) is 6.77. The van der Waals surface area contributed by atoms with Gasteiger partial charge in [0.25, 0.3) is 0 Å². The summed E-state index contributed by atoms with van der Waals surface area (Å²) >= 11 is 0. The SMILES string of the molecule is C[N+](C)(CCC[N+](C)(C)CC1CO1)CC1CO1. The van der Waals surface area contributed by atoms with Crippen molar-refractivity contribution in [2.45, 2.75) is 18.6 Å². The van der Waals surface area contributed by atoms with Gasteiger partial charge < -0.3 is 18.4 Å². The highest BCUT2D eigenvalue weighted by Gasteiger charge is 2.33. The molecular weight excluding hydrogens is 216 g/mol. The summed E-state index contributed by atoms with van der Waals surface area (Å²) in [4.78, 5) is 0. The molecule has 2 saturated heterocycles. The fraction of sp³-hybridized carbons (Fsp3) is 1.00. The van der Waals surface area contributed by atoms with Gasteiger partial charge in [-0.3, -0.25) is 0 Å². The first-order chi connectivity index (χ1) is 7.86. The molecule has 4 heteroatoms. The van der Waals surface area contributed by atoms with Gasteiger partial charge in [-0.15, -0.1) is 0 Å². The first kappa shape index (κ1) is 13.3. The van der Waals surface area contributed by atoms with Crippen LogP contribution in [0.25, 0.3) is 0 Å². The van der Waals surface area contributed by atoms with Gasteiger partial charge in [-0.2, -0.15) is 0 Å². The minimum absolute atomic E-state index is 0.535. The first-order valence-corrected chi connectivity index (χ1v) is 6.74. The Labute approximate surface area is 105 Å². The van der Waals surface area contributed by atoms with Crippen LogP contribution in [0.15, 0.2) is 0 Å². The van der Waals surface area contributed by atoms with E-state index in [1.807, 2.05) is 0 Å². The van der Waals surface area contributed by atoms with Gasteiger partial charge in [0, 0.05) is 6.42 Å². The van der Waals surface area contributed by atoms with E-state index < -0.39 is 0 Å². The van der Waals surface area contributed by atoms with E-state index in [0.717, 1.165) is 22.2 Å². The van der Waals surface area contributed by atoms with Crippen LogP contribution in [0.2, 0.25) is 0 Å². The van der Waals surface area contributed by atoms with Gasteiger partial charge in [-0.25, -0.2) is 0 Å². The summed E-state index contributed by atoms with van der Waals surface area (Å²) in [7, 11) is 9.24. The third kappa shape index (κ3) is 5.34. The fourth-order valence-corrected chi connectivity index (χ4v) is 2.56. The molecule has 2 atom stereocenters. The lowest BCUT2D eigenvalue weighted by atomic mass is 10.2. The minimum atomic E-state index is 0.535. The van der Waals surface area contributed by atoms with E-state index >= 15 is 0 Å². The van der Waals surface area contributed by atoms with Crippen LogP contribution >= 0.6 is 0 Å². The number of epoxide rings is 2. The maximum atomic E-state index is 5.32. The van der Waals surface area contributed by atoms with Crippen LogP contribution in [0, 0.1) is 0 Å². The molecule has 4 nitrogen and oxygen atoms in total. The van der Waals surface area contributed by atoms with Crippen molar-refractivity contribution in [1.29, 1.82) is 0 Å². The van der Waals surface area contributed by atoms with Crippen LogP contribution < -0.4 is 0 Å². The van der Waals surface area contributed by atoms with Crippen molar-refractivity contribution in [2.75, 3.05) is 67.6 Å². The van der Waals surface area contributed by atoms with E-state index in [1.54, 1.807) is 0 Å². The molecule has 17 heavy (non-hydrogen) atoms. The highest BCUT2D eigenvalue weighted by atomic mass is 16.6. The number of ether oxygens (including phenoxy) is 2. The zero-order valence-corrected chi connectivity index (χ0v) is 11.8. The molecule has 2 aliphatic rings. The maximum absolute atomic E-state index is 5.32. The summed E-state index contributed by atoms with van der Waals surface area (Å²) in [6.07, 6.45) is 2.35. The van der Waals surface area contributed by atoms with Crippen LogP contribution in [-0.2, 0) is 9.47 Å². The normalized spacial score (nSPS) is 28.2. The number of rotatable bonds is 8. The van der Waals surface area contributed by atoms with Gasteiger partial charge in [0.15, 0.2) is 0 Å². The predicted octanol–water partition coefficient (Wildman–Crippen LogP) is 0.327. The Morgan fingerprint density at radius 2 is 1.18 bits per heavy atom. The molecular formula is C13H28N2O2+2. The second kappa shape index (κ2) is 4.84. The maximum Gasteiger partial charge on any atom is 0.130 e. The third-order valence-corrected chi connectivity index (χ3v) is 3.73. The van der Waals surface area contributed by atoms with E-state index in [9.17, 15) is 0 Å². The average molecular weight is 244 g/mol. The number of quaternary nitrogens is 2. The summed E-state index contributed by atoms with van der Waals surface area (Å²) in [5.41, 5.74) is 0. The average Bonchev–Trinajstić information content (AvgIpc) is 2.99. The smallest absolute Gasteiger partial charge is 0.130 e. The molecule has 0 aliphatic carbocycles. The Hall–Kier alpha value is -0.160. The van der Waals surface area contributed by atoms with Crippen molar-refractivity contribution in [3.63, 3.8) is 0 Å². The largest absolute Gasteiger partial charge is 0.367 e. The molecule has 0 N–H and O–H groups in total. The summed E-state index contributed by atoms with van der Waals surface area (Å²) < 4.78 is 12.8. The van der Waals surface area contributed by atoms with Gasteiger partial charge in [0.2, 0.25) is 0 Å². The molecule has 0 aromatic carbocycles. The molecule has 0 saturated carbocycles. The van der Waals surface area contributed by atoms with Gasteiger partial charge in [-0.05, 0) is 0 Å². The molecule has 0 bridgehead atoms. The number of hydrogen-bond donors (Lipinski definition) is 0. The van der Waals surface area contributed by atoms with E-state index in [-0.39, 0.29) is 0 Å². The first-order valence-electron chi connectivity index (χ1n) is 6.74. The standard InChI is InChI=1S/C13H28N2O2/c1-14(2,8-12-10-16-12)6-5-7-15(3,4)9-13-11-17-13/h12-13H,5-11H2,1-4H3/q+2. The predicted molar refractivity (Wildman–Crippen MR) is 67.8 cm³/mol. The summed E-state index contributed by atoms with van der Waals surface area (Å²) in [5.74, 6) is 0. The van der Waals surface area contributed by atoms with Crippen molar-refractivity contribution in [3.05, 3.63) is 0 Å². The topological polar surface area (TPSA) is 25.1 Å². The quantitative estimate of drug-likeness (QED) is 0.454. The van der Waals surface area contributed by atoms with Crippen molar-refractivity contribution in [3.8, 4) is 0 Å². The van der Waals surface area contributed by atoms with E-state index in [1.165, 1.54) is 32.6 Å². The molecule has 100 valence electrons.